The van der Waals surface area contributed by atoms with Crippen LogP contribution in [0.1, 0.15) is 29.3 Å². The van der Waals surface area contributed by atoms with Crippen LogP contribution in [0.25, 0.3) is 0 Å². The van der Waals surface area contributed by atoms with Crippen molar-refractivity contribution < 1.29 is 4.79 Å². The largest absolute Gasteiger partial charge is 0.338 e. The zero-order valence-corrected chi connectivity index (χ0v) is 13.2. The molecular weight excluding hydrogens is 268 g/mol. The van der Waals surface area contributed by atoms with Gasteiger partial charge < -0.3 is 10.2 Å². The van der Waals surface area contributed by atoms with E-state index in [4.69, 9.17) is 0 Å². The Balaban J connectivity index is 1.92. The first-order valence-electron chi connectivity index (χ1n) is 7.35. The summed E-state index contributed by atoms with van der Waals surface area (Å²) < 4.78 is 0. The second-order valence-electron chi connectivity index (χ2n) is 5.30. The number of carbonyl (C=O) groups excluding carboxylic acids is 1. The number of likely N-dealkylation sites (tertiary alicyclic amines) is 1. The van der Waals surface area contributed by atoms with Gasteiger partial charge in [-0.25, -0.2) is 0 Å². The van der Waals surface area contributed by atoms with Crippen LogP contribution in [0.5, 0.6) is 0 Å². The van der Waals surface area contributed by atoms with E-state index in [0.717, 1.165) is 43.1 Å². The molecule has 4 heteroatoms. The van der Waals surface area contributed by atoms with Gasteiger partial charge in [0, 0.05) is 24.4 Å². The Labute approximate surface area is 126 Å². The fourth-order valence-corrected chi connectivity index (χ4v) is 3.25. The molecule has 1 fully saturated rings. The fraction of sp³-hybridized carbons (Fsp3) is 0.562. The number of hydrogen-bond acceptors (Lipinski definition) is 3. The van der Waals surface area contributed by atoms with Crippen LogP contribution in [0.2, 0.25) is 0 Å². The third-order valence-electron chi connectivity index (χ3n) is 3.74. The van der Waals surface area contributed by atoms with Crippen LogP contribution in [-0.2, 0) is 5.75 Å². The SMILES string of the molecule is CCSCc1ccc(C(=O)N2CCC(CNC)C2)cc1. The maximum absolute atomic E-state index is 12.4. The van der Waals surface area contributed by atoms with Crippen LogP contribution in [0, 0.1) is 5.92 Å². The molecule has 2 rings (SSSR count). The lowest BCUT2D eigenvalue weighted by Gasteiger charge is -2.16. The van der Waals surface area contributed by atoms with Crippen LogP contribution >= 0.6 is 11.8 Å². The third-order valence-corrected chi connectivity index (χ3v) is 4.69. The minimum atomic E-state index is 0.179. The van der Waals surface area contributed by atoms with Crippen LogP contribution < -0.4 is 5.32 Å². The summed E-state index contributed by atoms with van der Waals surface area (Å²) >= 11 is 1.90. The van der Waals surface area contributed by atoms with Crippen LogP contribution in [0.15, 0.2) is 24.3 Å². The van der Waals surface area contributed by atoms with Crippen LogP contribution in [-0.4, -0.2) is 43.2 Å². The molecule has 1 unspecified atom stereocenters. The van der Waals surface area contributed by atoms with E-state index < -0.39 is 0 Å². The number of nitrogens with one attached hydrogen (secondary N) is 1. The maximum Gasteiger partial charge on any atom is 0.253 e. The molecule has 110 valence electrons. The van der Waals surface area contributed by atoms with Gasteiger partial charge in [0.05, 0.1) is 0 Å². The Morgan fingerprint density at radius 1 is 1.40 bits per heavy atom. The van der Waals surface area contributed by atoms with Gasteiger partial charge in [-0.15, -0.1) is 0 Å². The predicted octanol–water partition coefficient (Wildman–Crippen LogP) is 2.62. The second kappa shape index (κ2) is 7.70. The molecule has 1 aliphatic rings. The highest BCUT2D eigenvalue weighted by Crippen LogP contribution is 2.19. The average Bonchev–Trinajstić information content (AvgIpc) is 2.94. The van der Waals surface area contributed by atoms with Crippen LogP contribution in [0.3, 0.4) is 0 Å². The van der Waals surface area contributed by atoms with E-state index in [1.54, 1.807) is 0 Å². The Kier molecular flexibility index (Phi) is 5.92. The fourth-order valence-electron chi connectivity index (χ4n) is 2.62. The Hall–Kier alpha value is -1.00. The molecule has 0 aromatic heterocycles. The number of rotatable bonds is 6. The summed E-state index contributed by atoms with van der Waals surface area (Å²) in [7, 11) is 1.97. The first-order valence-corrected chi connectivity index (χ1v) is 8.50. The Morgan fingerprint density at radius 2 is 2.15 bits per heavy atom. The first-order chi connectivity index (χ1) is 9.74. The smallest absolute Gasteiger partial charge is 0.253 e. The quantitative estimate of drug-likeness (QED) is 0.875. The zero-order valence-electron chi connectivity index (χ0n) is 12.4. The Bertz CT molecular complexity index is 433. The van der Waals surface area contributed by atoms with Crippen molar-refractivity contribution in [1.29, 1.82) is 0 Å². The zero-order chi connectivity index (χ0) is 14.4. The molecule has 1 aliphatic heterocycles. The van der Waals surface area contributed by atoms with E-state index in [1.165, 1.54) is 5.56 Å². The van der Waals surface area contributed by atoms with Gasteiger partial charge in [-0.1, -0.05) is 19.1 Å². The molecule has 1 saturated heterocycles. The molecule has 0 saturated carbocycles. The molecule has 1 aromatic rings. The molecule has 1 amide bonds. The van der Waals surface area contributed by atoms with Gasteiger partial charge in [0.15, 0.2) is 0 Å². The summed E-state index contributed by atoms with van der Waals surface area (Å²) in [5.41, 5.74) is 2.11. The summed E-state index contributed by atoms with van der Waals surface area (Å²) in [6.45, 7) is 4.93. The van der Waals surface area contributed by atoms with E-state index in [2.05, 4.69) is 24.4 Å². The van der Waals surface area contributed by atoms with Gasteiger partial charge >= 0.3 is 0 Å². The lowest BCUT2D eigenvalue weighted by Crippen LogP contribution is -2.30. The predicted molar refractivity (Wildman–Crippen MR) is 86.2 cm³/mol. The van der Waals surface area contributed by atoms with Crippen molar-refractivity contribution in [1.82, 2.24) is 10.2 Å². The molecule has 0 radical (unpaired) electrons. The first kappa shape index (κ1) is 15.4. The second-order valence-corrected chi connectivity index (χ2v) is 6.57. The molecule has 0 bridgehead atoms. The highest BCUT2D eigenvalue weighted by Gasteiger charge is 2.26. The van der Waals surface area contributed by atoms with Crippen molar-refractivity contribution in [2.45, 2.75) is 19.1 Å². The van der Waals surface area contributed by atoms with E-state index in [-0.39, 0.29) is 5.91 Å². The number of benzene rings is 1. The molecule has 20 heavy (non-hydrogen) atoms. The number of carbonyl (C=O) groups is 1. The molecule has 1 aromatic carbocycles. The highest BCUT2D eigenvalue weighted by molar-refractivity contribution is 7.98. The van der Waals surface area contributed by atoms with Crippen LogP contribution in [0.4, 0.5) is 0 Å². The summed E-state index contributed by atoms with van der Waals surface area (Å²) in [6, 6.07) is 8.10. The summed E-state index contributed by atoms with van der Waals surface area (Å²) in [5.74, 6) is 2.93. The third kappa shape index (κ3) is 4.00. The van der Waals surface area contributed by atoms with Crippen molar-refractivity contribution in [3.8, 4) is 0 Å². The van der Waals surface area contributed by atoms with Gasteiger partial charge in [0.2, 0.25) is 0 Å². The van der Waals surface area contributed by atoms with Gasteiger partial charge in [0.1, 0.15) is 0 Å². The summed E-state index contributed by atoms with van der Waals surface area (Å²) in [6.07, 6.45) is 1.11. The molecule has 1 atom stereocenters. The topological polar surface area (TPSA) is 32.3 Å². The standard InChI is InChI=1S/C16H24N2OS/c1-3-20-12-13-4-6-15(7-5-13)16(19)18-9-8-14(11-18)10-17-2/h4-7,14,17H,3,8-12H2,1-2H3. The monoisotopic (exact) mass is 292 g/mol. The van der Waals surface area contributed by atoms with E-state index in [9.17, 15) is 4.79 Å². The number of nitrogens with zero attached hydrogens (tertiary/aromatic N) is 1. The summed E-state index contributed by atoms with van der Waals surface area (Å²) in [5, 5.41) is 3.20. The molecule has 1 N–H and O–H groups in total. The average molecular weight is 292 g/mol. The minimum absolute atomic E-state index is 0.179. The lowest BCUT2D eigenvalue weighted by molar-refractivity contribution is 0.0787. The molecule has 0 aliphatic carbocycles. The molecule has 1 heterocycles. The highest BCUT2D eigenvalue weighted by atomic mass is 32.2. The lowest BCUT2D eigenvalue weighted by atomic mass is 10.1. The molecule has 0 spiro atoms. The number of thioether (sulfide) groups is 1. The van der Waals surface area contributed by atoms with Gasteiger partial charge in [-0.3, -0.25) is 4.79 Å². The number of amides is 1. The van der Waals surface area contributed by atoms with Gasteiger partial charge in [-0.05, 0) is 49.4 Å². The van der Waals surface area contributed by atoms with Crippen molar-refractivity contribution in [3.05, 3.63) is 35.4 Å². The molecular formula is C16H24N2OS. The van der Waals surface area contributed by atoms with Crippen molar-refractivity contribution in [2.24, 2.45) is 5.92 Å². The normalized spacial score (nSPS) is 18.5. The van der Waals surface area contributed by atoms with Crippen molar-refractivity contribution in [2.75, 3.05) is 32.4 Å². The minimum Gasteiger partial charge on any atom is -0.338 e. The Morgan fingerprint density at radius 3 is 2.80 bits per heavy atom. The van der Waals surface area contributed by atoms with E-state index in [0.29, 0.717) is 5.92 Å². The van der Waals surface area contributed by atoms with E-state index >= 15 is 0 Å². The number of hydrogen-bond donors (Lipinski definition) is 1. The maximum atomic E-state index is 12.4. The van der Waals surface area contributed by atoms with E-state index in [1.807, 2.05) is 35.8 Å². The van der Waals surface area contributed by atoms with Crippen molar-refractivity contribution in [3.63, 3.8) is 0 Å². The van der Waals surface area contributed by atoms with Gasteiger partial charge in [0.25, 0.3) is 5.91 Å². The summed E-state index contributed by atoms with van der Waals surface area (Å²) in [4.78, 5) is 14.4. The molecule has 3 nitrogen and oxygen atoms in total. The van der Waals surface area contributed by atoms with Gasteiger partial charge in [-0.2, -0.15) is 11.8 Å². The van der Waals surface area contributed by atoms with Crippen molar-refractivity contribution >= 4 is 17.7 Å².